The number of benzene rings is 1. The van der Waals surface area contributed by atoms with Crippen molar-refractivity contribution in [3.05, 3.63) is 70.9 Å². The number of aliphatic imine (C=N–C) groups is 1. The monoisotopic (exact) mass is 404 g/mol. The van der Waals surface area contributed by atoms with Crippen molar-refractivity contribution in [2.24, 2.45) is 4.99 Å². The minimum Gasteiger partial charge on any atom is -0.506 e. The zero-order chi connectivity index (χ0) is 20.3. The molecule has 0 bridgehead atoms. The lowest BCUT2D eigenvalue weighted by molar-refractivity contribution is -0.137. The van der Waals surface area contributed by atoms with E-state index in [0.29, 0.717) is 27.3 Å². The number of nitrogens with zero attached hydrogens (tertiary/aromatic N) is 2. The molecule has 0 fully saturated rings. The molecule has 3 rings (SSSR count). The van der Waals surface area contributed by atoms with Gasteiger partial charge < -0.3 is 5.11 Å². The zero-order valence-corrected chi connectivity index (χ0v) is 15.5. The molecular weight excluding hydrogens is 389 g/mol. The summed E-state index contributed by atoms with van der Waals surface area (Å²) < 4.78 is 38.1. The Balaban J connectivity index is 1.79. The SMILES string of the molecule is CC(=NCC(=O)c1cccnc1)c1csc(-c2ccc(C(F)(F)F)cc2)c1O. The molecule has 0 aliphatic heterocycles. The molecule has 0 aliphatic rings. The van der Waals surface area contributed by atoms with Crippen molar-refractivity contribution in [3.8, 4) is 16.2 Å². The van der Waals surface area contributed by atoms with Crippen LogP contribution in [-0.4, -0.2) is 28.1 Å². The molecule has 0 saturated carbocycles. The maximum Gasteiger partial charge on any atom is 0.416 e. The smallest absolute Gasteiger partial charge is 0.416 e. The summed E-state index contributed by atoms with van der Waals surface area (Å²) in [4.78, 5) is 20.7. The average molecular weight is 404 g/mol. The number of hydrogen-bond donors (Lipinski definition) is 1. The van der Waals surface area contributed by atoms with E-state index in [9.17, 15) is 23.1 Å². The van der Waals surface area contributed by atoms with Crippen LogP contribution in [0.15, 0.2) is 59.2 Å². The first-order valence-corrected chi connectivity index (χ1v) is 9.08. The van der Waals surface area contributed by atoms with Gasteiger partial charge in [-0.25, -0.2) is 0 Å². The van der Waals surface area contributed by atoms with Crippen molar-refractivity contribution < 1.29 is 23.1 Å². The highest BCUT2D eigenvalue weighted by Crippen LogP contribution is 2.40. The van der Waals surface area contributed by atoms with Crippen LogP contribution in [0.4, 0.5) is 13.2 Å². The second kappa shape index (κ2) is 7.93. The number of carbonyl (C=O) groups excluding carboxylic acids is 1. The van der Waals surface area contributed by atoms with E-state index >= 15 is 0 Å². The number of thiophene rings is 1. The van der Waals surface area contributed by atoms with E-state index in [1.165, 1.54) is 29.7 Å². The molecule has 1 N–H and O–H groups in total. The second-order valence-corrected chi connectivity index (χ2v) is 6.85. The molecule has 8 heteroatoms. The van der Waals surface area contributed by atoms with Gasteiger partial charge in [-0.05, 0) is 36.8 Å². The topological polar surface area (TPSA) is 62.5 Å². The first kappa shape index (κ1) is 19.8. The molecule has 2 heterocycles. The minimum absolute atomic E-state index is 0.0696. The third kappa shape index (κ3) is 4.28. The second-order valence-electron chi connectivity index (χ2n) is 5.97. The van der Waals surface area contributed by atoms with E-state index in [0.717, 1.165) is 12.1 Å². The Morgan fingerprint density at radius 1 is 1.21 bits per heavy atom. The average Bonchev–Trinajstić information content (AvgIpc) is 3.07. The van der Waals surface area contributed by atoms with Gasteiger partial charge in [-0.15, -0.1) is 11.3 Å². The lowest BCUT2D eigenvalue weighted by Crippen LogP contribution is -2.06. The quantitative estimate of drug-likeness (QED) is 0.468. The normalized spacial score (nSPS) is 12.2. The molecule has 3 aromatic rings. The molecule has 0 aliphatic carbocycles. The molecule has 1 aromatic carbocycles. The van der Waals surface area contributed by atoms with Crippen LogP contribution in [-0.2, 0) is 6.18 Å². The lowest BCUT2D eigenvalue weighted by Gasteiger charge is -2.07. The number of pyridine rings is 1. The fraction of sp³-hybridized carbons (Fsp3) is 0.150. The van der Waals surface area contributed by atoms with Gasteiger partial charge in [0.1, 0.15) is 12.3 Å². The summed E-state index contributed by atoms with van der Waals surface area (Å²) in [6, 6.07) is 7.88. The van der Waals surface area contributed by atoms with E-state index in [1.54, 1.807) is 30.6 Å². The fourth-order valence-corrected chi connectivity index (χ4v) is 3.53. The number of Topliss-reactive ketones (excluding diaryl/α,β-unsaturated/α-hetero) is 1. The Labute approximate surface area is 163 Å². The summed E-state index contributed by atoms with van der Waals surface area (Å²) >= 11 is 1.19. The van der Waals surface area contributed by atoms with Crippen molar-refractivity contribution in [2.45, 2.75) is 13.1 Å². The van der Waals surface area contributed by atoms with Crippen LogP contribution in [0.2, 0.25) is 0 Å². The number of rotatable bonds is 5. The summed E-state index contributed by atoms with van der Waals surface area (Å²) in [5, 5.41) is 12.1. The van der Waals surface area contributed by atoms with Gasteiger partial charge in [0.25, 0.3) is 0 Å². The summed E-state index contributed by atoms with van der Waals surface area (Å²) in [5.41, 5.74) is 1.07. The first-order chi connectivity index (χ1) is 13.3. The minimum atomic E-state index is -4.41. The molecule has 0 saturated heterocycles. The third-order valence-electron chi connectivity index (χ3n) is 4.07. The van der Waals surface area contributed by atoms with E-state index in [4.69, 9.17) is 0 Å². The maximum absolute atomic E-state index is 12.7. The number of aromatic nitrogens is 1. The van der Waals surface area contributed by atoms with Gasteiger partial charge in [0.05, 0.1) is 10.4 Å². The van der Waals surface area contributed by atoms with E-state index in [1.807, 2.05) is 0 Å². The third-order valence-corrected chi connectivity index (χ3v) is 5.09. The van der Waals surface area contributed by atoms with Gasteiger partial charge in [-0.3, -0.25) is 14.8 Å². The van der Waals surface area contributed by atoms with Crippen LogP contribution in [0.25, 0.3) is 10.4 Å². The molecule has 0 amide bonds. The predicted octanol–water partition coefficient (Wildman–Crippen LogP) is 5.23. The van der Waals surface area contributed by atoms with Gasteiger partial charge in [-0.1, -0.05) is 12.1 Å². The maximum atomic E-state index is 12.7. The Morgan fingerprint density at radius 3 is 2.54 bits per heavy atom. The number of ketones is 1. The Kier molecular flexibility index (Phi) is 5.60. The van der Waals surface area contributed by atoms with E-state index in [2.05, 4.69) is 9.98 Å². The van der Waals surface area contributed by atoms with Crippen LogP contribution in [0.3, 0.4) is 0 Å². The predicted molar refractivity (Wildman–Crippen MR) is 102 cm³/mol. The van der Waals surface area contributed by atoms with Crippen LogP contribution in [0.1, 0.15) is 28.4 Å². The van der Waals surface area contributed by atoms with Crippen LogP contribution >= 0.6 is 11.3 Å². The van der Waals surface area contributed by atoms with Crippen molar-refractivity contribution in [1.82, 2.24) is 4.98 Å². The Bertz CT molecular complexity index is 1010. The number of aromatic hydroxyl groups is 1. The molecule has 0 radical (unpaired) electrons. The largest absolute Gasteiger partial charge is 0.506 e. The molecular formula is C20H15F3N2O2S. The summed E-state index contributed by atoms with van der Waals surface area (Å²) in [6.07, 6.45) is -1.39. The number of alkyl halides is 3. The van der Waals surface area contributed by atoms with Gasteiger partial charge in [0.2, 0.25) is 0 Å². The molecule has 0 unspecified atom stereocenters. The molecule has 0 atom stereocenters. The molecule has 4 nitrogen and oxygen atoms in total. The van der Waals surface area contributed by atoms with Crippen LogP contribution in [0, 0.1) is 0 Å². The molecule has 0 spiro atoms. The van der Waals surface area contributed by atoms with Gasteiger partial charge in [0.15, 0.2) is 5.78 Å². The summed E-state index contributed by atoms with van der Waals surface area (Å²) in [7, 11) is 0. The highest BCUT2D eigenvalue weighted by Gasteiger charge is 2.30. The van der Waals surface area contributed by atoms with Crippen molar-refractivity contribution in [1.29, 1.82) is 0 Å². The fourth-order valence-electron chi connectivity index (χ4n) is 2.52. The summed E-state index contributed by atoms with van der Waals surface area (Å²) in [5.74, 6) is -0.273. The van der Waals surface area contributed by atoms with Crippen molar-refractivity contribution in [2.75, 3.05) is 6.54 Å². The van der Waals surface area contributed by atoms with Crippen LogP contribution in [0.5, 0.6) is 5.75 Å². The van der Waals surface area contributed by atoms with Gasteiger partial charge in [0, 0.05) is 34.6 Å². The summed E-state index contributed by atoms with van der Waals surface area (Å²) in [6.45, 7) is 1.57. The van der Waals surface area contributed by atoms with Gasteiger partial charge in [-0.2, -0.15) is 13.2 Å². The zero-order valence-electron chi connectivity index (χ0n) is 14.7. The van der Waals surface area contributed by atoms with Crippen LogP contribution < -0.4 is 0 Å². The molecule has 144 valence electrons. The van der Waals surface area contributed by atoms with E-state index < -0.39 is 11.7 Å². The first-order valence-electron chi connectivity index (χ1n) is 8.20. The Morgan fingerprint density at radius 2 is 1.93 bits per heavy atom. The molecule has 2 aromatic heterocycles. The number of halogens is 3. The van der Waals surface area contributed by atoms with Crippen molar-refractivity contribution in [3.63, 3.8) is 0 Å². The number of carbonyl (C=O) groups is 1. The lowest BCUT2D eigenvalue weighted by atomic mass is 10.1. The Hall–Kier alpha value is -3.00. The van der Waals surface area contributed by atoms with Gasteiger partial charge >= 0.3 is 6.18 Å². The standard InChI is InChI=1S/C20H15F3N2O2S/c1-12(25-10-17(26)14-3-2-8-24-9-14)16-11-28-19(18(16)27)13-4-6-15(7-5-13)20(21,22)23/h2-9,11,27H,10H2,1H3. The van der Waals surface area contributed by atoms with E-state index in [-0.39, 0.29) is 18.1 Å². The van der Waals surface area contributed by atoms with Crippen molar-refractivity contribution >= 4 is 22.8 Å². The molecule has 28 heavy (non-hydrogen) atoms. The number of hydrogen-bond acceptors (Lipinski definition) is 5. The highest BCUT2D eigenvalue weighted by atomic mass is 32.1. The highest BCUT2D eigenvalue weighted by molar-refractivity contribution is 7.14.